The molecule has 0 heterocycles. The number of hydrogen-bond acceptors (Lipinski definition) is 2. The van der Waals surface area contributed by atoms with E-state index in [0.717, 1.165) is 16.3 Å². The van der Waals surface area contributed by atoms with Crippen molar-refractivity contribution in [2.45, 2.75) is 6.54 Å². The second-order valence-electron chi connectivity index (χ2n) is 4.95. The van der Waals surface area contributed by atoms with E-state index in [9.17, 15) is 4.79 Å². The zero-order valence-electron chi connectivity index (χ0n) is 11.5. The fourth-order valence-electron chi connectivity index (χ4n) is 2.37. The standard InChI is InChI=1S/C18H16N2O/c19-15-9-10-16-14(11-15)7-4-8-17(16)18(21)20-12-13-5-2-1-3-6-13/h1-11H,12,19H2,(H,20,21). The third-order valence-electron chi connectivity index (χ3n) is 3.44. The Morgan fingerprint density at radius 2 is 1.76 bits per heavy atom. The molecular formula is C18H16N2O. The van der Waals surface area contributed by atoms with Gasteiger partial charge in [-0.2, -0.15) is 0 Å². The molecule has 0 aliphatic carbocycles. The van der Waals surface area contributed by atoms with Crippen molar-refractivity contribution in [3.8, 4) is 0 Å². The number of nitrogens with two attached hydrogens (primary N) is 1. The Bertz CT molecular complexity index is 782. The molecule has 1 amide bonds. The Morgan fingerprint density at radius 3 is 2.57 bits per heavy atom. The van der Waals surface area contributed by atoms with Crippen molar-refractivity contribution < 1.29 is 4.79 Å². The van der Waals surface area contributed by atoms with Crippen LogP contribution >= 0.6 is 0 Å². The third kappa shape index (κ3) is 2.87. The lowest BCUT2D eigenvalue weighted by Gasteiger charge is -2.08. The van der Waals surface area contributed by atoms with Gasteiger partial charge in [0.25, 0.3) is 5.91 Å². The summed E-state index contributed by atoms with van der Waals surface area (Å²) in [6.07, 6.45) is 0. The first kappa shape index (κ1) is 13.2. The highest BCUT2D eigenvalue weighted by Crippen LogP contribution is 2.21. The Morgan fingerprint density at radius 1 is 0.952 bits per heavy atom. The van der Waals surface area contributed by atoms with E-state index in [4.69, 9.17) is 5.73 Å². The van der Waals surface area contributed by atoms with Gasteiger partial charge in [-0.15, -0.1) is 0 Å². The molecule has 0 unspecified atom stereocenters. The molecule has 0 saturated heterocycles. The summed E-state index contributed by atoms with van der Waals surface area (Å²) in [6.45, 7) is 0.519. The molecule has 3 rings (SSSR count). The van der Waals surface area contributed by atoms with Gasteiger partial charge >= 0.3 is 0 Å². The van der Waals surface area contributed by atoms with E-state index < -0.39 is 0 Å². The molecule has 3 nitrogen and oxygen atoms in total. The van der Waals surface area contributed by atoms with Gasteiger partial charge in [-0.05, 0) is 34.5 Å². The molecule has 0 atom stereocenters. The van der Waals surface area contributed by atoms with Gasteiger partial charge in [0, 0.05) is 17.8 Å². The molecule has 3 aromatic carbocycles. The SMILES string of the molecule is Nc1ccc2c(C(=O)NCc3ccccc3)cccc2c1. The largest absolute Gasteiger partial charge is 0.399 e. The van der Waals surface area contributed by atoms with Crippen molar-refractivity contribution in [1.29, 1.82) is 0 Å². The Labute approximate surface area is 123 Å². The van der Waals surface area contributed by atoms with Crippen LogP contribution in [0.1, 0.15) is 15.9 Å². The van der Waals surface area contributed by atoms with E-state index in [0.29, 0.717) is 17.8 Å². The van der Waals surface area contributed by atoms with Crippen molar-refractivity contribution in [3.63, 3.8) is 0 Å². The average molecular weight is 276 g/mol. The maximum atomic E-state index is 12.4. The molecule has 0 saturated carbocycles. The quantitative estimate of drug-likeness (QED) is 0.721. The van der Waals surface area contributed by atoms with Crippen LogP contribution in [-0.2, 0) is 6.54 Å². The molecule has 0 aliphatic heterocycles. The number of rotatable bonds is 3. The van der Waals surface area contributed by atoms with Gasteiger partial charge in [0.05, 0.1) is 0 Å². The molecule has 3 N–H and O–H groups in total. The van der Waals surface area contributed by atoms with Gasteiger partial charge in [0.2, 0.25) is 0 Å². The fraction of sp³-hybridized carbons (Fsp3) is 0.0556. The summed E-state index contributed by atoms with van der Waals surface area (Å²) in [5.41, 5.74) is 8.23. The van der Waals surface area contributed by atoms with Crippen molar-refractivity contribution in [1.82, 2.24) is 5.32 Å². The highest BCUT2D eigenvalue weighted by Gasteiger charge is 2.09. The molecule has 0 aromatic heterocycles. The van der Waals surface area contributed by atoms with Gasteiger partial charge in [-0.25, -0.2) is 0 Å². The molecule has 3 heteroatoms. The summed E-state index contributed by atoms with van der Waals surface area (Å²) >= 11 is 0. The van der Waals surface area contributed by atoms with Crippen LogP contribution < -0.4 is 11.1 Å². The van der Waals surface area contributed by atoms with Crippen LogP contribution in [0.25, 0.3) is 10.8 Å². The van der Waals surface area contributed by atoms with E-state index in [1.165, 1.54) is 0 Å². The van der Waals surface area contributed by atoms with E-state index in [1.807, 2.05) is 66.7 Å². The lowest BCUT2D eigenvalue weighted by molar-refractivity contribution is 0.0952. The van der Waals surface area contributed by atoms with Crippen LogP contribution in [-0.4, -0.2) is 5.91 Å². The molecule has 0 spiro atoms. The lowest BCUT2D eigenvalue weighted by Crippen LogP contribution is -2.22. The Balaban J connectivity index is 1.85. The predicted molar refractivity (Wildman–Crippen MR) is 86.0 cm³/mol. The van der Waals surface area contributed by atoms with Crippen molar-refractivity contribution in [3.05, 3.63) is 77.9 Å². The molecular weight excluding hydrogens is 260 g/mol. The maximum absolute atomic E-state index is 12.4. The minimum atomic E-state index is -0.0748. The number of anilines is 1. The Hall–Kier alpha value is -2.81. The van der Waals surface area contributed by atoms with Crippen molar-refractivity contribution >= 4 is 22.4 Å². The normalized spacial score (nSPS) is 10.5. The second-order valence-corrected chi connectivity index (χ2v) is 4.95. The number of carbonyl (C=O) groups excluding carboxylic acids is 1. The predicted octanol–water partition coefficient (Wildman–Crippen LogP) is 3.35. The van der Waals surface area contributed by atoms with E-state index in [-0.39, 0.29) is 5.91 Å². The van der Waals surface area contributed by atoms with Crippen LogP contribution in [0.5, 0.6) is 0 Å². The third-order valence-corrected chi connectivity index (χ3v) is 3.44. The minimum Gasteiger partial charge on any atom is -0.399 e. The van der Waals surface area contributed by atoms with E-state index in [2.05, 4.69) is 5.32 Å². The summed E-state index contributed by atoms with van der Waals surface area (Å²) in [6, 6.07) is 21.1. The first-order valence-electron chi connectivity index (χ1n) is 6.84. The first-order valence-corrected chi connectivity index (χ1v) is 6.84. The molecule has 0 aliphatic rings. The highest BCUT2D eigenvalue weighted by atomic mass is 16.1. The smallest absolute Gasteiger partial charge is 0.252 e. The molecule has 21 heavy (non-hydrogen) atoms. The molecule has 104 valence electrons. The molecule has 0 fully saturated rings. The monoisotopic (exact) mass is 276 g/mol. The number of hydrogen-bond donors (Lipinski definition) is 2. The molecule has 3 aromatic rings. The fourth-order valence-corrected chi connectivity index (χ4v) is 2.37. The number of amides is 1. The summed E-state index contributed by atoms with van der Waals surface area (Å²) in [7, 11) is 0. The highest BCUT2D eigenvalue weighted by molar-refractivity contribution is 6.07. The van der Waals surface area contributed by atoms with Crippen LogP contribution in [0.4, 0.5) is 5.69 Å². The van der Waals surface area contributed by atoms with Gasteiger partial charge < -0.3 is 11.1 Å². The van der Waals surface area contributed by atoms with Crippen LogP contribution in [0.2, 0.25) is 0 Å². The van der Waals surface area contributed by atoms with Gasteiger partial charge in [-0.3, -0.25) is 4.79 Å². The maximum Gasteiger partial charge on any atom is 0.252 e. The summed E-state index contributed by atoms with van der Waals surface area (Å²) in [5.74, 6) is -0.0748. The van der Waals surface area contributed by atoms with Gasteiger partial charge in [0.1, 0.15) is 0 Å². The zero-order valence-corrected chi connectivity index (χ0v) is 11.5. The van der Waals surface area contributed by atoms with Crippen LogP contribution in [0.3, 0.4) is 0 Å². The minimum absolute atomic E-state index is 0.0748. The van der Waals surface area contributed by atoms with E-state index >= 15 is 0 Å². The van der Waals surface area contributed by atoms with Crippen LogP contribution in [0, 0.1) is 0 Å². The van der Waals surface area contributed by atoms with Gasteiger partial charge in [0.15, 0.2) is 0 Å². The second kappa shape index (κ2) is 5.67. The number of benzene rings is 3. The van der Waals surface area contributed by atoms with Gasteiger partial charge in [-0.1, -0.05) is 48.5 Å². The molecule has 0 bridgehead atoms. The summed E-state index contributed by atoms with van der Waals surface area (Å²) in [5, 5.41) is 4.84. The summed E-state index contributed by atoms with van der Waals surface area (Å²) in [4.78, 5) is 12.4. The number of carbonyl (C=O) groups is 1. The van der Waals surface area contributed by atoms with Crippen molar-refractivity contribution in [2.24, 2.45) is 0 Å². The molecule has 0 radical (unpaired) electrons. The number of fused-ring (bicyclic) bond motifs is 1. The Kier molecular flexibility index (Phi) is 3.56. The van der Waals surface area contributed by atoms with E-state index in [1.54, 1.807) is 0 Å². The topological polar surface area (TPSA) is 55.1 Å². The van der Waals surface area contributed by atoms with Crippen molar-refractivity contribution in [2.75, 3.05) is 5.73 Å². The summed E-state index contributed by atoms with van der Waals surface area (Å²) < 4.78 is 0. The number of nitrogen functional groups attached to an aromatic ring is 1. The average Bonchev–Trinajstić information content (AvgIpc) is 2.52. The zero-order chi connectivity index (χ0) is 14.7. The first-order chi connectivity index (χ1) is 10.2. The lowest BCUT2D eigenvalue weighted by atomic mass is 10.0. The number of nitrogens with one attached hydrogen (secondary N) is 1. The van der Waals surface area contributed by atoms with Crippen LogP contribution in [0.15, 0.2) is 66.7 Å².